The van der Waals surface area contributed by atoms with Crippen LogP contribution in [-0.4, -0.2) is 12.4 Å². The molecule has 104 valence electrons. The van der Waals surface area contributed by atoms with Crippen LogP contribution in [0.1, 0.15) is 23.7 Å². The van der Waals surface area contributed by atoms with E-state index in [0.717, 1.165) is 15.8 Å². The van der Waals surface area contributed by atoms with Crippen molar-refractivity contribution < 1.29 is 9.53 Å². The fourth-order valence-corrected chi connectivity index (χ4v) is 2.17. The number of ketones is 1. The maximum absolute atomic E-state index is 12.2. The highest BCUT2D eigenvalue weighted by molar-refractivity contribution is 9.10. The number of carbonyl (C=O) groups excluding carboxylic acids is 1. The monoisotopic (exact) mass is 332 g/mol. The molecule has 0 N–H and O–H groups in total. The van der Waals surface area contributed by atoms with Gasteiger partial charge in [-0.25, -0.2) is 0 Å². The van der Waals surface area contributed by atoms with Crippen molar-refractivity contribution in [3.8, 4) is 5.75 Å². The van der Waals surface area contributed by atoms with Crippen LogP contribution in [0.2, 0.25) is 0 Å². The molecule has 2 aromatic rings. The SMILES string of the molecule is CC(CCOc1ccc(Br)cc1)C(=O)c1ccccc1. The topological polar surface area (TPSA) is 26.3 Å². The first-order chi connectivity index (χ1) is 9.66. The summed E-state index contributed by atoms with van der Waals surface area (Å²) in [5.41, 5.74) is 0.767. The molecule has 20 heavy (non-hydrogen) atoms. The van der Waals surface area contributed by atoms with Gasteiger partial charge in [-0.2, -0.15) is 0 Å². The predicted molar refractivity (Wildman–Crippen MR) is 84.2 cm³/mol. The molecule has 0 fully saturated rings. The highest BCUT2D eigenvalue weighted by Gasteiger charge is 2.14. The summed E-state index contributed by atoms with van der Waals surface area (Å²) in [5.74, 6) is 0.963. The number of ether oxygens (including phenoxy) is 1. The smallest absolute Gasteiger partial charge is 0.165 e. The van der Waals surface area contributed by atoms with Crippen LogP contribution in [0.5, 0.6) is 5.75 Å². The first-order valence-corrected chi connectivity index (χ1v) is 7.44. The lowest BCUT2D eigenvalue weighted by atomic mass is 9.97. The third-order valence-electron chi connectivity index (χ3n) is 3.14. The van der Waals surface area contributed by atoms with Crippen LogP contribution in [0, 0.1) is 5.92 Å². The lowest BCUT2D eigenvalue weighted by Gasteiger charge is -2.11. The van der Waals surface area contributed by atoms with E-state index in [4.69, 9.17) is 4.74 Å². The summed E-state index contributed by atoms with van der Waals surface area (Å²) >= 11 is 3.38. The Morgan fingerprint density at radius 3 is 2.40 bits per heavy atom. The molecule has 0 aliphatic carbocycles. The third kappa shape index (κ3) is 4.20. The number of rotatable bonds is 6. The highest BCUT2D eigenvalue weighted by Crippen LogP contribution is 2.17. The Balaban J connectivity index is 1.82. The van der Waals surface area contributed by atoms with Crippen molar-refractivity contribution in [3.05, 3.63) is 64.6 Å². The Hall–Kier alpha value is -1.61. The van der Waals surface area contributed by atoms with Gasteiger partial charge in [0.05, 0.1) is 6.61 Å². The molecule has 0 aliphatic heterocycles. The fraction of sp³-hybridized carbons (Fsp3) is 0.235. The van der Waals surface area contributed by atoms with Crippen molar-refractivity contribution in [1.82, 2.24) is 0 Å². The van der Waals surface area contributed by atoms with Crippen LogP contribution < -0.4 is 4.74 Å². The summed E-state index contributed by atoms with van der Waals surface area (Å²) in [5, 5.41) is 0. The number of carbonyl (C=O) groups is 1. The maximum Gasteiger partial charge on any atom is 0.165 e. The third-order valence-corrected chi connectivity index (χ3v) is 3.67. The van der Waals surface area contributed by atoms with E-state index in [0.29, 0.717) is 13.0 Å². The van der Waals surface area contributed by atoms with Crippen molar-refractivity contribution in [2.24, 2.45) is 5.92 Å². The van der Waals surface area contributed by atoms with Gasteiger partial charge >= 0.3 is 0 Å². The van der Waals surface area contributed by atoms with E-state index < -0.39 is 0 Å². The number of benzene rings is 2. The summed E-state index contributed by atoms with van der Waals surface area (Å²) in [4.78, 5) is 12.2. The minimum Gasteiger partial charge on any atom is -0.494 e. The molecule has 0 aromatic heterocycles. The Kier molecular flexibility index (Phi) is 5.36. The van der Waals surface area contributed by atoms with Gasteiger partial charge in [0.2, 0.25) is 0 Å². The minimum absolute atomic E-state index is 0.0344. The van der Waals surface area contributed by atoms with Gasteiger partial charge in [-0.15, -0.1) is 0 Å². The van der Waals surface area contributed by atoms with Crippen LogP contribution in [0.25, 0.3) is 0 Å². The maximum atomic E-state index is 12.2. The van der Waals surface area contributed by atoms with Gasteiger partial charge < -0.3 is 4.74 Å². The summed E-state index contributed by atoms with van der Waals surface area (Å²) in [6.45, 7) is 2.49. The largest absolute Gasteiger partial charge is 0.494 e. The molecular formula is C17H17BrO2. The first kappa shape index (κ1) is 14.8. The molecule has 0 saturated heterocycles. The quantitative estimate of drug-likeness (QED) is 0.714. The highest BCUT2D eigenvalue weighted by atomic mass is 79.9. The number of halogens is 1. The fourth-order valence-electron chi connectivity index (χ4n) is 1.90. The van der Waals surface area contributed by atoms with Crippen molar-refractivity contribution in [2.45, 2.75) is 13.3 Å². The van der Waals surface area contributed by atoms with Gasteiger partial charge in [-0.05, 0) is 30.7 Å². The van der Waals surface area contributed by atoms with Crippen LogP contribution in [0.4, 0.5) is 0 Å². The molecule has 0 saturated carbocycles. The molecule has 0 amide bonds. The van der Waals surface area contributed by atoms with Crippen LogP contribution in [0.15, 0.2) is 59.1 Å². The van der Waals surface area contributed by atoms with E-state index >= 15 is 0 Å². The predicted octanol–water partition coefficient (Wildman–Crippen LogP) is 4.74. The number of hydrogen-bond donors (Lipinski definition) is 0. The molecule has 1 atom stereocenters. The van der Waals surface area contributed by atoms with Crippen LogP contribution in [0.3, 0.4) is 0 Å². The second kappa shape index (κ2) is 7.25. The van der Waals surface area contributed by atoms with Crippen LogP contribution in [-0.2, 0) is 0 Å². The summed E-state index contributed by atoms with van der Waals surface area (Å²) < 4.78 is 6.67. The van der Waals surface area contributed by atoms with Crippen molar-refractivity contribution in [1.29, 1.82) is 0 Å². The van der Waals surface area contributed by atoms with E-state index in [1.54, 1.807) is 0 Å². The zero-order valence-corrected chi connectivity index (χ0v) is 13.0. The molecule has 2 aromatic carbocycles. The van der Waals surface area contributed by atoms with Crippen molar-refractivity contribution >= 4 is 21.7 Å². The molecular weight excluding hydrogens is 316 g/mol. The van der Waals surface area contributed by atoms with E-state index in [1.807, 2.05) is 61.5 Å². The standard InChI is InChI=1S/C17H17BrO2/c1-13(17(19)14-5-3-2-4-6-14)11-12-20-16-9-7-15(18)8-10-16/h2-10,13H,11-12H2,1H3. The average Bonchev–Trinajstić information content (AvgIpc) is 2.49. The second-order valence-electron chi connectivity index (χ2n) is 4.72. The lowest BCUT2D eigenvalue weighted by molar-refractivity contribution is 0.0912. The molecule has 0 heterocycles. The Morgan fingerprint density at radius 1 is 1.10 bits per heavy atom. The Morgan fingerprint density at radius 2 is 1.75 bits per heavy atom. The number of Topliss-reactive ketones (excluding diaryl/α,β-unsaturated/α-hetero) is 1. The van der Waals surface area contributed by atoms with Gasteiger partial charge in [-0.3, -0.25) is 4.79 Å². The summed E-state index contributed by atoms with van der Waals surface area (Å²) in [6.07, 6.45) is 0.712. The average molecular weight is 333 g/mol. The molecule has 0 radical (unpaired) electrons. The van der Waals surface area contributed by atoms with E-state index in [9.17, 15) is 4.79 Å². The molecule has 2 rings (SSSR count). The molecule has 1 unspecified atom stereocenters. The number of hydrogen-bond acceptors (Lipinski definition) is 2. The zero-order valence-electron chi connectivity index (χ0n) is 11.4. The Bertz CT molecular complexity index is 549. The molecule has 2 nitrogen and oxygen atoms in total. The van der Waals surface area contributed by atoms with E-state index in [-0.39, 0.29) is 11.7 Å². The minimum atomic E-state index is -0.0344. The van der Waals surface area contributed by atoms with Gasteiger partial charge in [-0.1, -0.05) is 53.2 Å². The van der Waals surface area contributed by atoms with Crippen LogP contribution >= 0.6 is 15.9 Å². The molecule has 0 spiro atoms. The summed E-state index contributed by atoms with van der Waals surface area (Å²) in [7, 11) is 0. The second-order valence-corrected chi connectivity index (χ2v) is 5.64. The lowest BCUT2D eigenvalue weighted by Crippen LogP contribution is -2.14. The normalized spacial score (nSPS) is 11.9. The van der Waals surface area contributed by atoms with E-state index in [2.05, 4.69) is 15.9 Å². The molecule has 0 bridgehead atoms. The Labute approximate surface area is 127 Å². The zero-order chi connectivity index (χ0) is 14.4. The van der Waals surface area contributed by atoms with Crippen molar-refractivity contribution in [3.63, 3.8) is 0 Å². The van der Waals surface area contributed by atoms with E-state index in [1.165, 1.54) is 0 Å². The van der Waals surface area contributed by atoms with Gasteiger partial charge in [0.1, 0.15) is 5.75 Å². The van der Waals surface area contributed by atoms with Crippen molar-refractivity contribution in [2.75, 3.05) is 6.61 Å². The van der Waals surface area contributed by atoms with Gasteiger partial charge in [0.15, 0.2) is 5.78 Å². The first-order valence-electron chi connectivity index (χ1n) is 6.64. The van der Waals surface area contributed by atoms with Gasteiger partial charge in [0, 0.05) is 16.0 Å². The molecule has 3 heteroatoms. The molecule has 0 aliphatic rings. The van der Waals surface area contributed by atoms with Gasteiger partial charge in [0.25, 0.3) is 0 Å². The summed E-state index contributed by atoms with van der Waals surface area (Å²) in [6, 6.07) is 17.1.